The summed E-state index contributed by atoms with van der Waals surface area (Å²) in [5.41, 5.74) is 4.12. The second kappa shape index (κ2) is 9.01. The van der Waals surface area contributed by atoms with E-state index in [4.69, 9.17) is 4.74 Å². The molecule has 4 nitrogen and oxygen atoms in total. The Kier molecular flexibility index (Phi) is 7.00. The van der Waals surface area contributed by atoms with E-state index in [0.29, 0.717) is 18.5 Å². The summed E-state index contributed by atoms with van der Waals surface area (Å²) >= 11 is 0. The average Bonchev–Trinajstić information content (AvgIpc) is 2.61. The Bertz CT molecular complexity index is 796. The van der Waals surface area contributed by atoms with Gasteiger partial charge in [-0.05, 0) is 61.2 Å². The number of nitrogens with one attached hydrogen (secondary N) is 2. The van der Waals surface area contributed by atoms with Crippen LogP contribution < -0.4 is 15.4 Å². The minimum absolute atomic E-state index is 0. The molecule has 0 saturated carbocycles. The molecule has 2 aromatic carbocycles. The van der Waals surface area contributed by atoms with E-state index in [1.165, 1.54) is 0 Å². The van der Waals surface area contributed by atoms with Crippen molar-refractivity contribution in [2.75, 3.05) is 18.5 Å². The van der Waals surface area contributed by atoms with Crippen molar-refractivity contribution in [3.63, 3.8) is 0 Å². The van der Waals surface area contributed by atoms with Crippen LogP contribution in [0.4, 0.5) is 10.1 Å². The minimum atomic E-state index is -0.317. The molecule has 0 atom stereocenters. The normalized spacial score (nSPS) is 12.7. The second-order valence-corrected chi connectivity index (χ2v) is 6.34. The van der Waals surface area contributed by atoms with Crippen molar-refractivity contribution >= 4 is 24.0 Å². The van der Waals surface area contributed by atoms with Gasteiger partial charge in [-0.15, -0.1) is 12.4 Å². The molecule has 26 heavy (non-hydrogen) atoms. The first-order chi connectivity index (χ1) is 12.1. The van der Waals surface area contributed by atoms with Crippen LogP contribution in [-0.2, 0) is 17.8 Å². The molecule has 0 fully saturated rings. The van der Waals surface area contributed by atoms with Gasteiger partial charge in [0.15, 0.2) is 0 Å². The van der Waals surface area contributed by atoms with E-state index in [2.05, 4.69) is 10.6 Å². The van der Waals surface area contributed by atoms with Crippen molar-refractivity contribution in [3.05, 3.63) is 58.4 Å². The van der Waals surface area contributed by atoms with E-state index >= 15 is 0 Å². The zero-order valence-corrected chi connectivity index (χ0v) is 15.8. The van der Waals surface area contributed by atoms with Crippen LogP contribution in [0.25, 0.3) is 0 Å². The second-order valence-electron chi connectivity index (χ2n) is 6.34. The summed E-state index contributed by atoms with van der Waals surface area (Å²) < 4.78 is 20.2. The fraction of sp³-hybridized carbons (Fsp3) is 0.350. The maximum Gasteiger partial charge on any atom is 0.227 e. The van der Waals surface area contributed by atoms with Gasteiger partial charge in [0.2, 0.25) is 5.91 Å². The summed E-state index contributed by atoms with van der Waals surface area (Å²) in [5.74, 6) is 0.209. The van der Waals surface area contributed by atoms with Crippen molar-refractivity contribution in [2.24, 2.45) is 0 Å². The van der Waals surface area contributed by atoms with Gasteiger partial charge < -0.3 is 15.4 Å². The monoisotopic (exact) mass is 378 g/mol. The topological polar surface area (TPSA) is 50.4 Å². The predicted octanol–water partition coefficient (Wildman–Crippen LogP) is 3.92. The lowest BCUT2D eigenvalue weighted by Gasteiger charge is -2.19. The molecule has 0 unspecified atom stereocenters. The number of anilines is 1. The summed E-state index contributed by atoms with van der Waals surface area (Å²) in [5, 5.41) is 5.87. The number of fused-ring (bicyclic) bond motifs is 1. The molecule has 0 aliphatic carbocycles. The maximum absolute atomic E-state index is 14.5. The Morgan fingerprint density at radius 2 is 2.08 bits per heavy atom. The lowest BCUT2D eigenvalue weighted by Crippen LogP contribution is -2.25. The van der Waals surface area contributed by atoms with E-state index < -0.39 is 0 Å². The van der Waals surface area contributed by atoms with Crippen LogP contribution in [0.1, 0.15) is 28.7 Å². The van der Waals surface area contributed by atoms with E-state index in [-0.39, 0.29) is 42.8 Å². The van der Waals surface area contributed by atoms with Crippen LogP contribution in [0, 0.1) is 19.7 Å². The standard InChI is InChI=1S/C20H23FN2O2.ClH/c1-13-4-3-5-18(14(13)2)25-11-9-19(24)23-17-7-6-15-12-22-10-8-16(15)20(17)21;/h3-7,22H,8-12H2,1-2H3,(H,23,24);1H. The number of halogens is 2. The Hall–Kier alpha value is -2.11. The summed E-state index contributed by atoms with van der Waals surface area (Å²) in [6.45, 7) is 5.69. The van der Waals surface area contributed by atoms with E-state index in [1.807, 2.05) is 38.1 Å². The van der Waals surface area contributed by atoms with Crippen molar-refractivity contribution in [1.29, 1.82) is 0 Å². The number of rotatable bonds is 5. The highest BCUT2D eigenvalue weighted by atomic mass is 35.5. The molecule has 0 spiro atoms. The molecule has 2 N–H and O–H groups in total. The molecule has 0 bridgehead atoms. The largest absolute Gasteiger partial charge is 0.493 e. The number of carbonyl (C=O) groups is 1. The van der Waals surface area contributed by atoms with E-state index in [9.17, 15) is 9.18 Å². The Morgan fingerprint density at radius 3 is 2.88 bits per heavy atom. The molecule has 1 aliphatic rings. The fourth-order valence-corrected chi connectivity index (χ4v) is 2.98. The molecule has 0 aromatic heterocycles. The number of carbonyl (C=O) groups excluding carboxylic acids is 1. The molecule has 1 amide bonds. The van der Waals surface area contributed by atoms with Crippen LogP contribution in [-0.4, -0.2) is 19.1 Å². The Balaban J connectivity index is 0.00000243. The minimum Gasteiger partial charge on any atom is -0.493 e. The molecule has 6 heteroatoms. The summed E-state index contributed by atoms with van der Waals surface area (Å²) in [6.07, 6.45) is 0.812. The number of hydrogen-bond donors (Lipinski definition) is 2. The highest BCUT2D eigenvalue weighted by Crippen LogP contribution is 2.25. The van der Waals surface area contributed by atoms with Gasteiger partial charge >= 0.3 is 0 Å². The van der Waals surface area contributed by atoms with Gasteiger partial charge in [-0.3, -0.25) is 4.79 Å². The third-order valence-corrected chi connectivity index (χ3v) is 4.62. The third kappa shape index (κ3) is 4.54. The summed E-state index contributed by atoms with van der Waals surface area (Å²) in [7, 11) is 0. The Labute approximate surface area is 159 Å². The van der Waals surface area contributed by atoms with Gasteiger partial charge in [-0.25, -0.2) is 4.39 Å². The molecule has 3 rings (SSSR count). The van der Waals surface area contributed by atoms with E-state index in [1.54, 1.807) is 6.07 Å². The van der Waals surface area contributed by atoms with Crippen molar-refractivity contribution < 1.29 is 13.9 Å². The zero-order valence-electron chi connectivity index (χ0n) is 15.0. The van der Waals surface area contributed by atoms with Gasteiger partial charge in [-0.1, -0.05) is 18.2 Å². The van der Waals surface area contributed by atoms with Crippen LogP contribution in [0.15, 0.2) is 30.3 Å². The molecule has 0 radical (unpaired) electrons. The smallest absolute Gasteiger partial charge is 0.227 e. The number of hydrogen-bond acceptors (Lipinski definition) is 3. The predicted molar refractivity (Wildman–Crippen MR) is 104 cm³/mol. The van der Waals surface area contributed by atoms with Crippen molar-refractivity contribution in [3.8, 4) is 5.75 Å². The van der Waals surface area contributed by atoms with Gasteiger partial charge in [0.1, 0.15) is 11.6 Å². The number of aryl methyl sites for hydroxylation is 1. The lowest BCUT2D eigenvalue weighted by molar-refractivity contribution is -0.116. The Morgan fingerprint density at radius 1 is 1.27 bits per heavy atom. The van der Waals surface area contributed by atoms with Crippen molar-refractivity contribution in [1.82, 2.24) is 5.32 Å². The third-order valence-electron chi connectivity index (χ3n) is 4.62. The fourth-order valence-electron chi connectivity index (χ4n) is 2.98. The number of benzene rings is 2. The van der Waals surface area contributed by atoms with Crippen molar-refractivity contribution in [2.45, 2.75) is 33.2 Å². The summed E-state index contributed by atoms with van der Waals surface area (Å²) in [4.78, 5) is 12.1. The first-order valence-electron chi connectivity index (χ1n) is 8.56. The summed E-state index contributed by atoms with van der Waals surface area (Å²) in [6, 6.07) is 9.33. The molecular weight excluding hydrogens is 355 g/mol. The van der Waals surface area contributed by atoms with Crippen LogP contribution >= 0.6 is 12.4 Å². The quantitative estimate of drug-likeness (QED) is 0.829. The van der Waals surface area contributed by atoms with Gasteiger partial charge in [0.25, 0.3) is 0 Å². The maximum atomic E-state index is 14.5. The SMILES string of the molecule is Cc1cccc(OCCC(=O)Nc2ccc3c(c2F)CCNC3)c1C.Cl. The molecule has 140 valence electrons. The molecule has 2 aromatic rings. The molecule has 0 saturated heterocycles. The molecule has 1 heterocycles. The average molecular weight is 379 g/mol. The van der Waals surface area contributed by atoms with Gasteiger partial charge in [0.05, 0.1) is 18.7 Å². The highest BCUT2D eigenvalue weighted by Gasteiger charge is 2.17. The first-order valence-corrected chi connectivity index (χ1v) is 8.56. The van der Waals surface area contributed by atoms with Crippen LogP contribution in [0.5, 0.6) is 5.75 Å². The zero-order chi connectivity index (χ0) is 17.8. The highest BCUT2D eigenvalue weighted by molar-refractivity contribution is 5.91. The molecular formula is C20H24ClFN2O2. The number of amides is 1. The van der Waals surface area contributed by atoms with Gasteiger partial charge in [0, 0.05) is 6.54 Å². The molecule has 1 aliphatic heterocycles. The first kappa shape index (κ1) is 20.2. The lowest BCUT2D eigenvalue weighted by atomic mass is 9.99. The van der Waals surface area contributed by atoms with E-state index in [0.717, 1.165) is 29.0 Å². The van der Waals surface area contributed by atoms with Gasteiger partial charge in [-0.2, -0.15) is 0 Å². The van der Waals surface area contributed by atoms with Crippen LogP contribution in [0.3, 0.4) is 0 Å². The van der Waals surface area contributed by atoms with Crippen LogP contribution in [0.2, 0.25) is 0 Å². The number of ether oxygens (including phenoxy) is 1.